The summed E-state index contributed by atoms with van der Waals surface area (Å²) in [4.78, 5) is 10.6. The van der Waals surface area contributed by atoms with Crippen LogP contribution >= 0.6 is 0 Å². The highest BCUT2D eigenvalue weighted by molar-refractivity contribution is 5.83. The summed E-state index contributed by atoms with van der Waals surface area (Å²) in [5, 5.41) is 0. The second-order valence-electron chi connectivity index (χ2n) is 5.13. The van der Waals surface area contributed by atoms with E-state index >= 15 is 0 Å². The minimum atomic E-state index is 0. The van der Waals surface area contributed by atoms with E-state index in [1.54, 1.807) is 0 Å². The number of anilines is 1. The fourth-order valence-corrected chi connectivity index (χ4v) is 2.62. The van der Waals surface area contributed by atoms with Gasteiger partial charge in [-0.1, -0.05) is 6.07 Å². The minimum absolute atomic E-state index is 0. The van der Waals surface area contributed by atoms with Gasteiger partial charge in [0.25, 0.3) is 0 Å². The molecule has 1 N–H and O–H groups in total. The van der Waals surface area contributed by atoms with Crippen LogP contribution in [0.4, 0.5) is 5.69 Å². The summed E-state index contributed by atoms with van der Waals surface area (Å²) < 4.78 is 0. The van der Waals surface area contributed by atoms with Gasteiger partial charge in [-0.3, -0.25) is 0 Å². The second kappa shape index (κ2) is 6.27. The van der Waals surface area contributed by atoms with Crippen LogP contribution in [0.2, 0.25) is 0 Å². The molecule has 1 aromatic heterocycles. The van der Waals surface area contributed by atoms with E-state index in [4.69, 9.17) is 4.98 Å². The van der Waals surface area contributed by atoms with Gasteiger partial charge in [0, 0.05) is 30.9 Å². The topological polar surface area (TPSA) is 30.3 Å². The Kier molecular flexibility index (Phi) is 4.63. The normalized spacial score (nSPS) is 10.6. The van der Waals surface area contributed by atoms with Crippen LogP contribution in [-0.2, 0) is 0 Å². The lowest BCUT2D eigenvalue weighted by Crippen LogP contribution is -3.00. The van der Waals surface area contributed by atoms with Gasteiger partial charge < -0.3 is 17.3 Å². The lowest BCUT2D eigenvalue weighted by Gasteiger charge is -2.20. The van der Waals surface area contributed by atoms with E-state index in [2.05, 4.69) is 67.1 Å². The van der Waals surface area contributed by atoms with Crippen molar-refractivity contribution in [2.45, 2.75) is 20.8 Å². The summed E-state index contributed by atoms with van der Waals surface area (Å²) in [6.07, 6.45) is 0. The number of aromatic nitrogens is 2. The van der Waals surface area contributed by atoms with Crippen molar-refractivity contribution in [1.82, 2.24) is 4.98 Å². The van der Waals surface area contributed by atoms with Gasteiger partial charge in [0.2, 0.25) is 11.0 Å². The molecule has 0 aliphatic rings. The van der Waals surface area contributed by atoms with E-state index in [1.807, 2.05) is 0 Å². The average molecular weight is 302 g/mol. The molecule has 0 saturated carbocycles. The van der Waals surface area contributed by atoms with Crippen LogP contribution in [0.1, 0.15) is 19.4 Å². The van der Waals surface area contributed by atoms with Gasteiger partial charge in [-0.25, -0.2) is 9.97 Å². The Morgan fingerprint density at radius 3 is 2.24 bits per heavy atom. The molecule has 3 rings (SSSR count). The third kappa shape index (κ3) is 2.93. The Hall–Kier alpha value is -1.87. The predicted octanol–water partition coefficient (Wildman–Crippen LogP) is 0.361. The van der Waals surface area contributed by atoms with Crippen molar-refractivity contribution in [2.75, 3.05) is 18.0 Å². The van der Waals surface area contributed by atoms with Crippen molar-refractivity contribution < 1.29 is 17.4 Å². The molecule has 0 spiro atoms. The quantitative estimate of drug-likeness (QED) is 0.654. The highest BCUT2D eigenvalue weighted by atomic mass is 35.5. The van der Waals surface area contributed by atoms with Gasteiger partial charge in [-0.2, -0.15) is 0 Å². The number of H-pyrrole nitrogens is 1. The summed E-state index contributed by atoms with van der Waals surface area (Å²) in [6, 6.07) is 12.8. The number of nitrogens with one attached hydrogen (secondary N) is 1. The number of hydrogen-bond acceptors (Lipinski definition) is 2. The molecule has 0 atom stereocenters. The molecule has 0 bridgehead atoms. The number of nitrogens with zero attached hydrogens (tertiary/aromatic N) is 2. The highest BCUT2D eigenvalue weighted by Crippen LogP contribution is 2.20. The van der Waals surface area contributed by atoms with Crippen LogP contribution in [-0.4, -0.2) is 18.1 Å². The highest BCUT2D eigenvalue weighted by Gasteiger charge is 2.10. The van der Waals surface area contributed by atoms with E-state index in [-0.39, 0.29) is 12.4 Å². The molecule has 110 valence electrons. The van der Waals surface area contributed by atoms with E-state index in [0.717, 1.165) is 35.2 Å². The molecule has 1 heterocycles. The molecule has 2 aromatic carbocycles. The Balaban J connectivity index is 0.00000161. The van der Waals surface area contributed by atoms with E-state index in [9.17, 15) is 0 Å². The monoisotopic (exact) mass is 301 g/mol. The fourth-order valence-electron chi connectivity index (χ4n) is 2.62. The second-order valence-corrected chi connectivity index (χ2v) is 5.13. The van der Waals surface area contributed by atoms with Gasteiger partial charge in [0.15, 0.2) is 0 Å². The molecule has 21 heavy (non-hydrogen) atoms. The standard InChI is InChI=1S/C17H19N3.ClH/c1-4-20(5-2)13-7-9-15-17(11-13)19-16-10-12(3)6-8-14(16)18-15;/h6-11H,4-5H2,1-3H3;1H. The first-order chi connectivity index (χ1) is 9.71. The molecule has 0 amide bonds. The molecule has 0 fully saturated rings. The Morgan fingerprint density at radius 1 is 0.952 bits per heavy atom. The van der Waals surface area contributed by atoms with Crippen LogP contribution in [0.15, 0.2) is 36.4 Å². The zero-order chi connectivity index (χ0) is 14.1. The maximum absolute atomic E-state index is 4.79. The van der Waals surface area contributed by atoms with Gasteiger partial charge in [0.05, 0.1) is 0 Å². The average Bonchev–Trinajstić information content (AvgIpc) is 2.46. The number of aryl methyl sites for hydroxylation is 1. The zero-order valence-corrected chi connectivity index (χ0v) is 13.4. The number of aromatic amines is 1. The van der Waals surface area contributed by atoms with Gasteiger partial charge in [-0.05, 0) is 44.5 Å². The smallest absolute Gasteiger partial charge is 0.230 e. The summed E-state index contributed by atoms with van der Waals surface area (Å²) >= 11 is 0. The first-order valence-corrected chi connectivity index (χ1v) is 7.19. The Bertz CT molecular complexity index is 766. The molecule has 3 nitrogen and oxygen atoms in total. The SMILES string of the molecule is CCN(CC)c1ccc2[nH+]c3ccc(C)cc3nc2c1.[Cl-]. The van der Waals surface area contributed by atoms with Crippen LogP contribution in [0, 0.1) is 6.92 Å². The van der Waals surface area contributed by atoms with Crippen LogP contribution < -0.4 is 22.3 Å². The maximum atomic E-state index is 4.79. The molecule has 0 saturated heterocycles. The zero-order valence-electron chi connectivity index (χ0n) is 12.7. The van der Waals surface area contributed by atoms with Crippen molar-refractivity contribution >= 4 is 27.8 Å². The number of rotatable bonds is 3. The molecule has 0 aliphatic heterocycles. The maximum Gasteiger partial charge on any atom is 0.230 e. The molecule has 0 aliphatic carbocycles. The Labute approximate surface area is 131 Å². The third-order valence-corrected chi connectivity index (χ3v) is 3.77. The molecular weight excluding hydrogens is 282 g/mol. The fraction of sp³-hybridized carbons (Fsp3) is 0.294. The predicted molar refractivity (Wildman–Crippen MR) is 84.1 cm³/mol. The number of hydrogen-bond donors (Lipinski definition) is 0. The van der Waals surface area contributed by atoms with Crippen LogP contribution in [0.25, 0.3) is 22.1 Å². The van der Waals surface area contributed by atoms with Crippen molar-refractivity contribution in [3.05, 3.63) is 42.0 Å². The van der Waals surface area contributed by atoms with Crippen molar-refractivity contribution in [3.8, 4) is 0 Å². The summed E-state index contributed by atoms with van der Waals surface area (Å²) in [5.41, 5.74) is 6.67. The molecule has 3 aromatic rings. The first kappa shape index (κ1) is 15.5. The number of halogens is 1. The van der Waals surface area contributed by atoms with E-state index < -0.39 is 0 Å². The largest absolute Gasteiger partial charge is 1.00 e. The van der Waals surface area contributed by atoms with Crippen LogP contribution in [0.3, 0.4) is 0 Å². The van der Waals surface area contributed by atoms with Gasteiger partial charge >= 0.3 is 0 Å². The molecule has 0 radical (unpaired) electrons. The number of fused-ring (bicyclic) bond motifs is 2. The lowest BCUT2D eigenvalue weighted by atomic mass is 10.2. The summed E-state index contributed by atoms with van der Waals surface area (Å²) in [6.45, 7) is 8.47. The molecule has 4 heteroatoms. The van der Waals surface area contributed by atoms with Crippen LogP contribution in [0.5, 0.6) is 0 Å². The lowest BCUT2D eigenvalue weighted by molar-refractivity contribution is -0.310. The third-order valence-electron chi connectivity index (χ3n) is 3.77. The first-order valence-electron chi connectivity index (χ1n) is 7.19. The van der Waals surface area contributed by atoms with E-state index in [0.29, 0.717) is 0 Å². The molecule has 0 unspecified atom stereocenters. The summed E-state index contributed by atoms with van der Waals surface area (Å²) in [5.74, 6) is 0. The van der Waals surface area contributed by atoms with Crippen molar-refractivity contribution in [3.63, 3.8) is 0 Å². The van der Waals surface area contributed by atoms with E-state index in [1.165, 1.54) is 11.3 Å². The van der Waals surface area contributed by atoms with Gasteiger partial charge in [-0.15, -0.1) is 0 Å². The van der Waals surface area contributed by atoms with Gasteiger partial charge in [0.1, 0.15) is 11.0 Å². The molecular formula is C17H20ClN3. The number of benzene rings is 2. The Morgan fingerprint density at radius 2 is 1.57 bits per heavy atom. The van der Waals surface area contributed by atoms with Crippen molar-refractivity contribution in [1.29, 1.82) is 0 Å². The van der Waals surface area contributed by atoms with Crippen molar-refractivity contribution in [2.24, 2.45) is 0 Å². The summed E-state index contributed by atoms with van der Waals surface area (Å²) in [7, 11) is 0. The minimum Gasteiger partial charge on any atom is -1.00 e.